The molecule has 1 saturated carbocycles. The standard InChI is InChI=1S/C24H29N3O6/c28-12-11-26(15-17-7-3-1-4-8-17)23(24(29)25-18-9-5-2-6-10-18)19-13-21-22(33-16-32-21)14-20(19)27(30)31/h1,3-4,7-8,13-14,18,23,28H,2,5-6,9-12,15-16H2,(H,25,29)/t23-/m0/s1. The molecule has 176 valence electrons. The van der Waals surface area contributed by atoms with E-state index in [2.05, 4.69) is 5.32 Å². The second-order valence-electron chi connectivity index (χ2n) is 8.45. The van der Waals surface area contributed by atoms with Crippen LogP contribution in [0.3, 0.4) is 0 Å². The van der Waals surface area contributed by atoms with Gasteiger partial charge in [0.2, 0.25) is 12.7 Å². The predicted octanol–water partition coefficient (Wildman–Crippen LogP) is 3.31. The van der Waals surface area contributed by atoms with Gasteiger partial charge in [-0.3, -0.25) is 19.8 Å². The first-order valence-electron chi connectivity index (χ1n) is 11.3. The Morgan fingerprint density at radius 1 is 1.15 bits per heavy atom. The second kappa shape index (κ2) is 10.6. The molecule has 4 rings (SSSR count). The molecule has 9 nitrogen and oxygen atoms in total. The molecule has 1 aliphatic heterocycles. The van der Waals surface area contributed by atoms with Crippen LogP contribution in [0.5, 0.6) is 11.5 Å². The number of nitro groups is 1. The molecule has 0 saturated heterocycles. The second-order valence-corrected chi connectivity index (χ2v) is 8.45. The number of carbonyl (C=O) groups excluding carboxylic acids is 1. The summed E-state index contributed by atoms with van der Waals surface area (Å²) in [4.78, 5) is 26.9. The fourth-order valence-corrected chi connectivity index (χ4v) is 4.60. The highest BCUT2D eigenvalue weighted by molar-refractivity contribution is 5.85. The van der Waals surface area contributed by atoms with Gasteiger partial charge in [-0.1, -0.05) is 49.6 Å². The molecule has 1 aliphatic carbocycles. The summed E-state index contributed by atoms with van der Waals surface area (Å²) in [5.41, 5.74) is 0.950. The van der Waals surface area contributed by atoms with Crippen molar-refractivity contribution in [2.75, 3.05) is 19.9 Å². The molecule has 33 heavy (non-hydrogen) atoms. The van der Waals surface area contributed by atoms with Gasteiger partial charge in [0.15, 0.2) is 11.5 Å². The van der Waals surface area contributed by atoms with Crippen LogP contribution in [-0.4, -0.2) is 46.8 Å². The first-order valence-corrected chi connectivity index (χ1v) is 11.3. The summed E-state index contributed by atoms with van der Waals surface area (Å²) in [6.07, 6.45) is 5.02. The minimum Gasteiger partial charge on any atom is -0.454 e. The van der Waals surface area contributed by atoms with Gasteiger partial charge in [-0.25, -0.2) is 0 Å². The van der Waals surface area contributed by atoms with Gasteiger partial charge in [-0.05, 0) is 24.5 Å². The molecule has 9 heteroatoms. The third kappa shape index (κ3) is 5.43. The average Bonchev–Trinajstić information content (AvgIpc) is 3.28. The lowest BCUT2D eigenvalue weighted by Crippen LogP contribution is -2.45. The number of aliphatic hydroxyl groups excluding tert-OH is 1. The Morgan fingerprint density at radius 3 is 2.52 bits per heavy atom. The van der Waals surface area contributed by atoms with E-state index in [0.717, 1.165) is 37.7 Å². The maximum Gasteiger partial charge on any atom is 0.278 e. The van der Waals surface area contributed by atoms with Crippen LogP contribution < -0.4 is 14.8 Å². The van der Waals surface area contributed by atoms with Gasteiger partial charge in [0.1, 0.15) is 6.04 Å². The zero-order chi connectivity index (χ0) is 23.2. The number of hydrogen-bond acceptors (Lipinski definition) is 7. The van der Waals surface area contributed by atoms with Crippen molar-refractivity contribution in [3.8, 4) is 11.5 Å². The minimum absolute atomic E-state index is 0.0285. The third-order valence-electron chi connectivity index (χ3n) is 6.19. The molecule has 0 bridgehead atoms. The van der Waals surface area contributed by atoms with Gasteiger partial charge in [0.25, 0.3) is 5.69 Å². The highest BCUT2D eigenvalue weighted by Crippen LogP contribution is 2.42. The molecule has 1 atom stereocenters. The molecular weight excluding hydrogens is 426 g/mol. The maximum atomic E-state index is 13.7. The van der Waals surface area contributed by atoms with E-state index in [1.165, 1.54) is 12.1 Å². The van der Waals surface area contributed by atoms with Crippen molar-refractivity contribution in [1.82, 2.24) is 10.2 Å². The van der Waals surface area contributed by atoms with Crippen LogP contribution in [0.1, 0.15) is 49.3 Å². The number of amides is 1. The number of benzene rings is 2. The Morgan fingerprint density at radius 2 is 1.85 bits per heavy atom. The number of fused-ring (bicyclic) bond motifs is 1. The fourth-order valence-electron chi connectivity index (χ4n) is 4.60. The molecule has 2 aromatic carbocycles. The highest BCUT2D eigenvalue weighted by Gasteiger charge is 2.36. The quantitative estimate of drug-likeness (QED) is 0.440. The minimum atomic E-state index is -0.978. The van der Waals surface area contributed by atoms with Crippen LogP contribution in [0, 0.1) is 10.1 Å². The molecule has 0 aromatic heterocycles. The van der Waals surface area contributed by atoms with E-state index in [9.17, 15) is 20.0 Å². The van der Waals surface area contributed by atoms with E-state index in [0.29, 0.717) is 12.3 Å². The van der Waals surface area contributed by atoms with E-state index < -0.39 is 11.0 Å². The molecule has 0 spiro atoms. The topological polar surface area (TPSA) is 114 Å². The summed E-state index contributed by atoms with van der Waals surface area (Å²) < 4.78 is 10.8. The van der Waals surface area contributed by atoms with Gasteiger partial charge in [-0.2, -0.15) is 0 Å². The van der Waals surface area contributed by atoms with Crippen molar-refractivity contribution in [1.29, 1.82) is 0 Å². The SMILES string of the molecule is O=C(NC1CCCCC1)[C@H](c1cc2c(cc1[N+](=O)[O-])OCO2)N(CCO)Cc1ccccc1. The van der Waals surface area contributed by atoms with Gasteiger partial charge in [-0.15, -0.1) is 0 Å². The van der Waals surface area contributed by atoms with Crippen LogP contribution in [0.15, 0.2) is 42.5 Å². The average molecular weight is 456 g/mol. The third-order valence-corrected chi connectivity index (χ3v) is 6.19. The summed E-state index contributed by atoms with van der Waals surface area (Å²) in [5.74, 6) is 0.344. The smallest absolute Gasteiger partial charge is 0.278 e. The molecule has 1 heterocycles. The van der Waals surface area contributed by atoms with Gasteiger partial charge in [0, 0.05) is 19.1 Å². The van der Waals surface area contributed by atoms with Crippen LogP contribution in [0.25, 0.3) is 0 Å². The lowest BCUT2D eigenvalue weighted by Gasteiger charge is -2.32. The summed E-state index contributed by atoms with van der Waals surface area (Å²) in [6, 6.07) is 11.4. The highest BCUT2D eigenvalue weighted by atomic mass is 16.7. The number of hydrogen-bond donors (Lipinski definition) is 2. The molecule has 2 aromatic rings. The van der Waals surface area contributed by atoms with Gasteiger partial charge in [0.05, 0.1) is 23.2 Å². The number of rotatable bonds is 9. The Kier molecular flexibility index (Phi) is 7.41. The number of ether oxygens (including phenoxy) is 2. The van der Waals surface area contributed by atoms with Crippen molar-refractivity contribution >= 4 is 11.6 Å². The number of carbonyl (C=O) groups is 1. The zero-order valence-corrected chi connectivity index (χ0v) is 18.4. The predicted molar refractivity (Wildman–Crippen MR) is 121 cm³/mol. The van der Waals surface area contributed by atoms with Crippen LogP contribution >= 0.6 is 0 Å². The largest absolute Gasteiger partial charge is 0.454 e. The molecule has 1 amide bonds. The van der Waals surface area contributed by atoms with E-state index >= 15 is 0 Å². The Balaban J connectivity index is 1.74. The summed E-state index contributed by atoms with van der Waals surface area (Å²) in [5, 5.41) is 24.9. The lowest BCUT2D eigenvalue weighted by molar-refractivity contribution is -0.386. The lowest BCUT2D eigenvalue weighted by atomic mass is 9.94. The van der Waals surface area contributed by atoms with Crippen molar-refractivity contribution in [2.24, 2.45) is 0 Å². The summed E-state index contributed by atoms with van der Waals surface area (Å²) in [7, 11) is 0. The van der Waals surface area contributed by atoms with E-state index in [-0.39, 0.29) is 48.9 Å². The zero-order valence-electron chi connectivity index (χ0n) is 18.4. The van der Waals surface area contributed by atoms with Crippen molar-refractivity contribution in [2.45, 2.75) is 50.7 Å². The molecule has 2 N–H and O–H groups in total. The fraction of sp³-hybridized carbons (Fsp3) is 0.458. The maximum absolute atomic E-state index is 13.7. The Hall–Kier alpha value is -3.17. The molecule has 1 fully saturated rings. The monoisotopic (exact) mass is 455 g/mol. The first kappa shape index (κ1) is 23.0. The van der Waals surface area contributed by atoms with Crippen molar-refractivity contribution in [3.05, 3.63) is 63.7 Å². The van der Waals surface area contributed by atoms with E-state index in [4.69, 9.17) is 9.47 Å². The normalized spacial score (nSPS) is 16.5. The van der Waals surface area contributed by atoms with Crippen molar-refractivity contribution < 1.29 is 24.3 Å². The van der Waals surface area contributed by atoms with Gasteiger partial charge < -0.3 is 19.9 Å². The summed E-state index contributed by atoms with van der Waals surface area (Å²) >= 11 is 0. The van der Waals surface area contributed by atoms with Crippen LogP contribution in [0.4, 0.5) is 5.69 Å². The summed E-state index contributed by atoms with van der Waals surface area (Å²) in [6.45, 7) is 0.288. The number of nitro benzene ring substituents is 1. The number of aliphatic hydroxyl groups is 1. The molecular formula is C24H29N3O6. The first-order chi connectivity index (χ1) is 16.1. The molecule has 2 aliphatic rings. The Labute approximate surface area is 192 Å². The van der Waals surface area contributed by atoms with Crippen molar-refractivity contribution in [3.63, 3.8) is 0 Å². The molecule has 0 unspecified atom stereocenters. The number of nitrogens with one attached hydrogen (secondary N) is 1. The van der Waals surface area contributed by atoms with Crippen LogP contribution in [-0.2, 0) is 11.3 Å². The van der Waals surface area contributed by atoms with E-state index in [1.54, 1.807) is 4.90 Å². The molecule has 0 radical (unpaired) electrons. The number of nitrogens with zero attached hydrogens (tertiary/aromatic N) is 2. The van der Waals surface area contributed by atoms with Crippen LogP contribution in [0.2, 0.25) is 0 Å². The Bertz CT molecular complexity index is 978. The van der Waals surface area contributed by atoms with E-state index in [1.807, 2.05) is 30.3 Å². The van der Waals surface area contributed by atoms with Gasteiger partial charge >= 0.3 is 0 Å².